The molecule has 0 N–H and O–H groups in total. The van der Waals surface area contributed by atoms with Gasteiger partial charge in [-0.05, 0) is 25.1 Å². The first kappa shape index (κ1) is 15.7. The number of rotatable bonds is 3. The summed E-state index contributed by atoms with van der Waals surface area (Å²) in [4.78, 5) is 16.8. The number of thiazole rings is 1. The van der Waals surface area contributed by atoms with E-state index in [2.05, 4.69) is 28.1 Å². The zero-order valence-corrected chi connectivity index (χ0v) is 15.4. The average Bonchev–Trinajstić information content (AvgIpc) is 3.21. The van der Waals surface area contributed by atoms with Crippen molar-refractivity contribution in [3.8, 4) is 21.8 Å². The lowest BCUT2D eigenvalue weighted by molar-refractivity contribution is 0.748. The number of anilines is 1. The molecule has 0 aliphatic rings. The maximum Gasteiger partial charge on any atom is 0.185 e. The highest BCUT2D eigenvalue weighted by molar-refractivity contribution is 7.18. The van der Waals surface area contributed by atoms with Gasteiger partial charge >= 0.3 is 0 Å². The quantitative estimate of drug-likeness (QED) is 0.566. The Morgan fingerprint density at radius 3 is 2.64 bits per heavy atom. The Balaban J connectivity index is 1.98. The van der Waals surface area contributed by atoms with Crippen LogP contribution in [0.15, 0.2) is 36.7 Å². The van der Waals surface area contributed by atoms with Crippen LogP contribution in [0, 0.1) is 6.92 Å². The maximum absolute atomic E-state index is 4.78. The standard InChI is InChI=1S/C18H18N6S/c1-11-16-12(13-7-5-6-8-19-13)9-14(21-17(16)22-24(11)4)15-10-20-18(25-15)23(2)3/h5-10H,1-4H3. The first-order valence-corrected chi connectivity index (χ1v) is 8.75. The Bertz CT molecular complexity index is 1050. The molecular weight excluding hydrogens is 332 g/mol. The molecule has 0 aromatic carbocycles. The van der Waals surface area contributed by atoms with Gasteiger partial charge < -0.3 is 4.90 Å². The first-order valence-electron chi connectivity index (χ1n) is 7.94. The monoisotopic (exact) mass is 350 g/mol. The molecule has 4 heterocycles. The molecule has 126 valence electrons. The fourth-order valence-electron chi connectivity index (χ4n) is 2.78. The van der Waals surface area contributed by atoms with E-state index in [0.29, 0.717) is 0 Å². The van der Waals surface area contributed by atoms with Crippen molar-refractivity contribution in [3.63, 3.8) is 0 Å². The Hall–Kier alpha value is -2.80. The van der Waals surface area contributed by atoms with Crippen molar-refractivity contribution in [1.29, 1.82) is 0 Å². The lowest BCUT2D eigenvalue weighted by Gasteiger charge is -2.07. The number of aromatic nitrogens is 5. The third-order valence-corrected chi connectivity index (χ3v) is 5.35. The molecule has 4 aromatic rings. The van der Waals surface area contributed by atoms with Crippen molar-refractivity contribution in [2.45, 2.75) is 6.92 Å². The van der Waals surface area contributed by atoms with Crippen LogP contribution in [-0.4, -0.2) is 38.8 Å². The summed E-state index contributed by atoms with van der Waals surface area (Å²) in [6.07, 6.45) is 3.68. The minimum absolute atomic E-state index is 0.734. The van der Waals surface area contributed by atoms with Crippen LogP contribution < -0.4 is 4.90 Å². The molecule has 0 saturated carbocycles. The maximum atomic E-state index is 4.78. The van der Waals surface area contributed by atoms with Gasteiger partial charge in [-0.15, -0.1) is 0 Å². The number of pyridine rings is 2. The number of fused-ring (bicyclic) bond motifs is 1. The molecule has 7 heteroatoms. The summed E-state index contributed by atoms with van der Waals surface area (Å²) >= 11 is 1.61. The zero-order chi connectivity index (χ0) is 17.6. The van der Waals surface area contributed by atoms with Crippen molar-refractivity contribution < 1.29 is 0 Å². The van der Waals surface area contributed by atoms with Crippen molar-refractivity contribution in [2.24, 2.45) is 7.05 Å². The second-order valence-corrected chi connectivity index (χ2v) is 7.09. The number of aryl methyl sites for hydroxylation is 2. The molecule has 0 spiro atoms. The molecule has 0 aliphatic carbocycles. The van der Waals surface area contributed by atoms with Gasteiger partial charge in [0.25, 0.3) is 0 Å². The largest absolute Gasteiger partial charge is 0.354 e. The van der Waals surface area contributed by atoms with Gasteiger partial charge in [0.1, 0.15) is 0 Å². The van der Waals surface area contributed by atoms with Gasteiger partial charge in [0.2, 0.25) is 0 Å². The molecule has 0 fully saturated rings. The number of hydrogen-bond donors (Lipinski definition) is 0. The lowest BCUT2D eigenvalue weighted by Crippen LogP contribution is -2.07. The van der Waals surface area contributed by atoms with Crippen molar-refractivity contribution >= 4 is 27.5 Å². The first-order chi connectivity index (χ1) is 12.0. The summed E-state index contributed by atoms with van der Waals surface area (Å²) in [5, 5.41) is 6.57. The third kappa shape index (κ3) is 2.66. The second kappa shape index (κ2) is 5.93. The van der Waals surface area contributed by atoms with Crippen LogP contribution in [-0.2, 0) is 7.05 Å². The van der Waals surface area contributed by atoms with E-state index in [1.807, 2.05) is 61.3 Å². The van der Waals surface area contributed by atoms with Crippen LogP contribution in [0.3, 0.4) is 0 Å². The van der Waals surface area contributed by atoms with Crippen LogP contribution in [0.1, 0.15) is 5.69 Å². The summed E-state index contributed by atoms with van der Waals surface area (Å²) < 4.78 is 1.87. The predicted octanol–water partition coefficient (Wildman–Crippen LogP) is 3.53. The van der Waals surface area contributed by atoms with Crippen molar-refractivity contribution in [1.82, 2.24) is 24.7 Å². The molecule has 0 saturated heterocycles. The average molecular weight is 350 g/mol. The summed E-state index contributed by atoms with van der Waals surface area (Å²) in [7, 11) is 5.91. The Labute approximate surface area is 149 Å². The Morgan fingerprint density at radius 2 is 1.96 bits per heavy atom. The Morgan fingerprint density at radius 1 is 1.12 bits per heavy atom. The van der Waals surface area contributed by atoms with Gasteiger partial charge in [-0.25, -0.2) is 9.97 Å². The molecule has 6 nitrogen and oxygen atoms in total. The van der Waals surface area contributed by atoms with Crippen LogP contribution >= 0.6 is 11.3 Å². The topological polar surface area (TPSA) is 59.7 Å². The highest BCUT2D eigenvalue weighted by Gasteiger charge is 2.17. The van der Waals surface area contributed by atoms with E-state index in [4.69, 9.17) is 4.98 Å². The van der Waals surface area contributed by atoms with Gasteiger partial charge in [0, 0.05) is 44.8 Å². The minimum atomic E-state index is 0.734. The second-order valence-electron chi connectivity index (χ2n) is 6.08. The van der Waals surface area contributed by atoms with Crippen molar-refractivity contribution in [2.75, 3.05) is 19.0 Å². The molecule has 0 amide bonds. The number of nitrogens with zero attached hydrogens (tertiary/aromatic N) is 6. The van der Waals surface area contributed by atoms with Crippen LogP contribution in [0.4, 0.5) is 5.13 Å². The highest BCUT2D eigenvalue weighted by Crippen LogP contribution is 2.35. The summed E-state index contributed by atoms with van der Waals surface area (Å²) in [6.45, 7) is 2.06. The van der Waals surface area contributed by atoms with Gasteiger partial charge in [-0.3, -0.25) is 9.67 Å². The zero-order valence-electron chi connectivity index (χ0n) is 14.6. The van der Waals surface area contributed by atoms with Crippen LogP contribution in [0.25, 0.3) is 32.9 Å². The highest BCUT2D eigenvalue weighted by atomic mass is 32.1. The van der Waals surface area contributed by atoms with Gasteiger partial charge in [0.05, 0.1) is 21.7 Å². The van der Waals surface area contributed by atoms with E-state index in [1.54, 1.807) is 11.3 Å². The minimum Gasteiger partial charge on any atom is -0.354 e. The van der Waals surface area contributed by atoms with Gasteiger partial charge in [-0.2, -0.15) is 5.10 Å². The van der Waals surface area contributed by atoms with E-state index in [9.17, 15) is 0 Å². The Kier molecular flexibility index (Phi) is 3.73. The molecular formula is C18H18N6S. The normalized spacial score (nSPS) is 11.2. The predicted molar refractivity (Wildman–Crippen MR) is 102 cm³/mol. The molecule has 0 atom stereocenters. The van der Waals surface area contributed by atoms with E-state index in [0.717, 1.165) is 43.7 Å². The van der Waals surface area contributed by atoms with E-state index in [-0.39, 0.29) is 0 Å². The third-order valence-electron chi connectivity index (χ3n) is 4.16. The van der Waals surface area contributed by atoms with Crippen molar-refractivity contribution in [3.05, 3.63) is 42.4 Å². The summed E-state index contributed by atoms with van der Waals surface area (Å²) in [5.41, 5.74) is 4.65. The SMILES string of the molecule is Cc1c2c(-c3ccccn3)cc(-c3cnc(N(C)C)s3)nc2nn1C. The fraction of sp³-hybridized carbons (Fsp3) is 0.222. The molecule has 0 bridgehead atoms. The molecule has 4 rings (SSSR count). The van der Waals surface area contributed by atoms with E-state index < -0.39 is 0 Å². The van der Waals surface area contributed by atoms with Crippen LogP contribution in [0.2, 0.25) is 0 Å². The number of hydrogen-bond acceptors (Lipinski definition) is 6. The molecule has 0 aliphatic heterocycles. The lowest BCUT2D eigenvalue weighted by atomic mass is 10.1. The molecule has 0 radical (unpaired) electrons. The van der Waals surface area contributed by atoms with E-state index >= 15 is 0 Å². The van der Waals surface area contributed by atoms with Gasteiger partial charge in [0.15, 0.2) is 10.8 Å². The van der Waals surface area contributed by atoms with E-state index in [1.165, 1.54) is 0 Å². The van der Waals surface area contributed by atoms with Gasteiger partial charge in [-0.1, -0.05) is 17.4 Å². The summed E-state index contributed by atoms with van der Waals surface area (Å²) in [5.74, 6) is 0. The van der Waals surface area contributed by atoms with Crippen LogP contribution in [0.5, 0.6) is 0 Å². The fourth-order valence-corrected chi connectivity index (χ4v) is 3.58. The molecule has 0 unspecified atom stereocenters. The molecule has 25 heavy (non-hydrogen) atoms. The summed E-state index contributed by atoms with van der Waals surface area (Å²) in [6, 6.07) is 8.03. The smallest absolute Gasteiger partial charge is 0.185 e. The molecule has 4 aromatic heterocycles.